The number of nitrogens with two attached hydrogens (primary N) is 1. The van der Waals surface area contributed by atoms with Gasteiger partial charge in [-0.1, -0.05) is 25.6 Å². The Balaban J connectivity index is 1.69. The molecule has 3 aromatic rings. The quantitative estimate of drug-likeness (QED) is 0.501. The zero-order valence-electron chi connectivity index (χ0n) is 20.0. The molecule has 0 radical (unpaired) electrons. The molecule has 184 valence electrons. The van der Waals surface area contributed by atoms with Crippen LogP contribution in [0.3, 0.4) is 0 Å². The van der Waals surface area contributed by atoms with Gasteiger partial charge < -0.3 is 10.6 Å². The number of hydrogen-bond acceptors (Lipinski definition) is 6. The molecule has 4 rings (SSSR count). The van der Waals surface area contributed by atoms with Gasteiger partial charge in [0.15, 0.2) is 5.82 Å². The first-order valence-corrected chi connectivity index (χ1v) is 11.2. The summed E-state index contributed by atoms with van der Waals surface area (Å²) < 4.78 is 42.3. The summed E-state index contributed by atoms with van der Waals surface area (Å²) in [5, 5.41) is 8.63. The van der Waals surface area contributed by atoms with Gasteiger partial charge in [0.2, 0.25) is 0 Å². The summed E-state index contributed by atoms with van der Waals surface area (Å²) in [6.45, 7) is 12.1. The van der Waals surface area contributed by atoms with E-state index in [4.69, 9.17) is 5.73 Å². The van der Waals surface area contributed by atoms with Crippen molar-refractivity contribution in [2.75, 3.05) is 0 Å². The van der Waals surface area contributed by atoms with Crippen LogP contribution in [0.25, 0.3) is 22.9 Å². The maximum absolute atomic E-state index is 12.9. The van der Waals surface area contributed by atoms with Crippen molar-refractivity contribution in [2.24, 2.45) is 10.7 Å². The number of hydrogen-bond donors (Lipinski definition) is 1. The van der Waals surface area contributed by atoms with E-state index in [0.29, 0.717) is 34.6 Å². The molecule has 1 aliphatic heterocycles. The highest BCUT2D eigenvalue weighted by atomic mass is 19.4. The summed E-state index contributed by atoms with van der Waals surface area (Å²) in [7, 11) is 0. The Kier molecular flexibility index (Phi) is 6.27. The van der Waals surface area contributed by atoms with Crippen molar-refractivity contribution >= 4 is 17.7 Å². The first-order valence-electron chi connectivity index (χ1n) is 11.2. The fourth-order valence-electron chi connectivity index (χ4n) is 4.30. The van der Waals surface area contributed by atoms with Crippen molar-refractivity contribution in [3.63, 3.8) is 0 Å². The summed E-state index contributed by atoms with van der Waals surface area (Å²) in [4.78, 5) is 10.9. The largest absolute Gasteiger partial charge is 0.416 e. The molecule has 8 nitrogen and oxygen atoms in total. The molecule has 11 heteroatoms. The van der Waals surface area contributed by atoms with Crippen molar-refractivity contribution in [2.45, 2.75) is 52.4 Å². The van der Waals surface area contributed by atoms with Crippen molar-refractivity contribution in [1.29, 1.82) is 0 Å². The van der Waals surface area contributed by atoms with E-state index in [2.05, 4.69) is 52.4 Å². The SMILES string of the molecule is C=C(/N=C\C1=C(N)N(C(C)C)[C@H](CC)c2nnc(C)n21)n1ccnc1-c1ccc(C(F)(F)F)cc1. The van der Waals surface area contributed by atoms with Crippen LogP contribution in [0.15, 0.2) is 54.1 Å². The second-order valence-electron chi connectivity index (χ2n) is 8.51. The van der Waals surface area contributed by atoms with Gasteiger partial charge in [0.25, 0.3) is 0 Å². The number of imidazole rings is 1. The van der Waals surface area contributed by atoms with E-state index in [9.17, 15) is 13.2 Å². The lowest BCUT2D eigenvalue weighted by Crippen LogP contribution is -2.43. The highest BCUT2D eigenvalue weighted by Crippen LogP contribution is 2.35. The van der Waals surface area contributed by atoms with Crippen LogP contribution in [-0.4, -0.2) is 41.5 Å². The summed E-state index contributed by atoms with van der Waals surface area (Å²) in [5.41, 5.74) is 7.01. The molecular formula is C24H27F3N8. The normalized spacial score (nSPS) is 16.5. The monoisotopic (exact) mass is 484 g/mol. The number of aryl methyl sites for hydroxylation is 1. The molecular weight excluding hydrogens is 457 g/mol. The Morgan fingerprint density at radius 3 is 2.51 bits per heavy atom. The number of allylic oxidation sites excluding steroid dienone is 1. The molecule has 1 aromatic carbocycles. The van der Waals surface area contributed by atoms with Gasteiger partial charge in [-0.15, -0.1) is 10.2 Å². The average Bonchev–Trinajstić information content (AvgIpc) is 3.44. The van der Waals surface area contributed by atoms with E-state index in [1.54, 1.807) is 17.0 Å². The van der Waals surface area contributed by atoms with Gasteiger partial charge in [0.05, 0.1) is 17.8 Å². The van der Waals surface area contributed by atoms with Crippen molar-refractivity contribution < 1.29 is 13.2 Å². The van der Waals surface area contributed by atoms with E-state index in [0.717, 1.165) is 24.4 Å². The van der Waals surface area contributed by atoms with E-state index in [1.807, 2.05) is 11.5 Å². The zero-order chi connectivity index (χ0) is 25.5. The van der Waals surface area contributed by atoms with Gasteiger partial charge >= 0.3 is 6.18 Å². The van der Waals surface area contributed by atoms with Gasteiger partial charge in [-0.05, 0) is 39.3 Å². The molecule has 3 heterocycles. The summed E-state index contributed by atoms with van der Waals surface area (Å²) >= 11 is 0. The third-order valence-corrected chi connectivity index (χ3v) is 5.93. The minimum atomic E-state index is -4.41. The number of fused-ring (bicyclic) bond motifs is 1. The lowest BCUT2D eigenvalue weighted by molar-refractivity contribution is -0.137. The molecule has 1 atom stereocenters. The molecule has 0 bridgehead atoms. The minimum Gasteiger partial charge on any atom is -0.384 e. The first-order chi connectivity index (χ1) is 16.5. The van der Waals surface area contributed by atoms with Gasteiger partial charge in [-0.3, -0.25) is 9.13 Å². The fraction of sp³-hybridized carbons (Fsp3) is 0.333. The second-order valence-corrected chi connectivity index (χ2v) is 8.51. The Morgan fingerprint density at radius 1 is 1.23 bits per heavy atom. The highest BCUT2D eigenvalue weighted by Gasteiger charge is 2.35. The van der Waals surface area contributed by atoms with E-state index >= 15 is 0 Å². The molecule has 0 fully saturated rings. The van der Waals surface area contributed by atoms with Crippen LogP contribution in [0.5, 0.6) is 0 Å². The third-order valence-electron chi connectivity index (χ3n) is 5.93. The van der Waals surface area contributed by atoms with Gasteiger partial charge in [0.1, 0.15) is 29.0 Å². The van der Waals surface area contributed by atoms with Gasteiger partial charge in [-0.25, -0.2) is 9.98 Å². The van der Waals surface area contributed by atoms with Crippen molar-refractivity contribution in [1.82, 2.24) is 29.2 Å². The van der Waals surface area contributed by atoms with Crippen LogP contribution in [0, 0.1) is 6.92 Å². The standard InChI is InChI=1S/C24H27F3N8/c1-6-19-23-32-31-16(5)35(23)20(21(28)34(19)14(2)3)13-30-15(4)33-12-11-29-22(33)17-7-9-18(10-8-17)24(25,26)27/h7-14,19H,4,6,28H2,1-3,5H3/b30-13-/t19-/m1/s1. The lowest BCUT2D eigenvalue weighted by Gasteiger charge is -2.40. The second kappa shape index (κ2) is 9.05. The molecule has 0 unspecified atom stereocenters. The number of nitrogens with zero attached hydrogens (tertiary/aromatic N) is 7. The summed E-state index contributed by atoms with van der Waals surface area (Å²) in [6.07, 6.45) is 1.19. The average molecular weight is 485 g/mol. The topological polar surface area (TPSA) is 90.2 Å². The van der Waals surface area contributed by atoms with Crippen LogP contribution in [0.4, 0.5) is 13.2 Å². The minimum absolute atomic E-state index is 0.0172. The number of aromatic nitrogens is 5. The molecule has 0 spiro atoms. The van der Waals surface area contributed by atoms with Gasteiger partial charge in [-0.2, -0.15) is 13.2 Å². The van der Waals surface area contributed by atoms with Crippen LogP contribution in [0.2, 0.25) is 0 Å². The molecule has 2 aromatic heterocycles. The number of rotatable bonds is 6. The van der Waals surface area contributed by atoms with E-state index in [1.165, 1.54) is 18.3 Å². The fourth-order valence-corrected chi connectivity index (χ4v) is 4.30. The lowest BCUT2D eigenvalue weighted by atomic mass is 10.1. The Morgan fingerprint density at radius 2 is 1.91 bits per heavy atom. The highest BCUT2D eigenvalue weighted by molar-refractivity contribution is 6.05. The van der Waals surface area contributed by atoms with Crippen LogP contribution >= 0.6 is 0 Å². The zero-order valence-corrected chi connectivity index (χ0v) is 20.0. The maximum Gasteiger partial charge on any atom is 0.416 e. The van der Waals surface area contributed by atoms with Crippen LogP contribution in [0.1, 0.15) is 50.4 Å². The molecule has 0 saturated carbocycles. The number of alkyl halides is 3. The predicted octanol–water partition coefficient (Wildman–Crippen LogP) is 4.93. The molecule has 0 amide bonds. The van der Waals surface area contributed by atoms with E-state index < -0.39 is 11.7 Å². The first kappa shape index (κ1) is 24.2. The summed E-state index contributed by atoms with van der Waals surface area (Å²) in [5.74, 6) is 2.76. The molecule has 0 saturated heterocycles. The Hall–Kier alpha value is -3.89. The number of aliphatic imine (C=N–C) groups is 1. The Labute approximate surface area is 201 Å². The predicted molar refractivity (Wildman–Crippen MR) is 129 cm³/mol. The smallest absolute Gasteiger partial charge is 0.384 e. The molecule has 1 aliphatic rings. The molecule has 0 aliphatic carbocycles. The molecule has 35 heavy (non-hydrogen) atoms. The third kappa shape index (κ3) is 4.33. The maximum atomic E-state index is 12.9. The molecule has 2 N–H and O–H groups in total. The summed E-state index contributed by atoms with van der Waals surface area (Å²) in [6, 6.07) is 4.90. The van der Waals surface area contributed by atoms with Gasteiger partial charge in [0, 0.05) is 24.0 Å². The van der Waals surface area contributed by atoms with Crippen molar-refractivity contribution in [3.8, 4) is 11.4 Å². The van der Waals surface area contributed by atoms with E-state index in [-0.39, 0.29) is 12.1 Å². The number of halogens is 3. The van der Waals surface area contributed by atoms with Crippen molar-refractivity contribution in [3.05, 3.63) is 66.3 Å². The van der Waals surface area contributed by atoms with Crippen LogP contribution < -0.4 is 5.73 Å². The number of benzene rings is 1. The Bertz CT molecular complexity index is 1300. The van der Waals surface area contributed by atoms with Crippen LogP contribution in [-0.2, 0) is 6.18 Å².